The van der Waals surface area contributed by atoms with E-state index in [0.29, 0.717) is 0 Å². The van der Waals surface area contributed by atoms with Crippen LogP contribution in [-0.4, -0.2) is 0 Å². The molecule has 0 aliphatic heterocycles. The van der Waals surface area contributed by atoms with Gasteiger partial charge in [-0.05, 0) is 114 Å². The van der Waals surface area contributed by atoms with Crippen LogP contribution in [0.4, 0.5) is 17.1 Å². The second-order valence-electron chi connectivity index (χ2n) is 16.9. The van der Waals surface area contributed by atoms with Gasteiger partial charge in [0.2, 0.25) is 0 Å². The number of hydrogen-bond donors (Lipinski definition) is 0. The van der Waals surface area contributed by atoms with Crippen molar-refractivity contribution < 1.29 is 0 Å². The van der Waals surface area contributed by atoms with Crippen LogP contribution in [0.1, 0.15) is 0 Å². The molecule has 11 aromatic carbocycles. The van der Waals surface area contributed by atoms with Gasteiger partial charge in [-0.2, -0.15) is 0 Å². The lowest BCUT2D eigenvalue weighted by Crippen LogP contribution is -2.11. The average molecular weight is 854 g/mol. The van der Waals surface area contributed by atoms with Crippen molar-refractivity contribution in [3.8, 4) is 89.0 Å². The van der Waals surface area contributed by atoms with Gasteiger partial charge in [-0.1, -0.05) is 255 Å². The SMILES string of the molecule is c1ccc(-c2ccc(-c3ccc(N(c4ccc(-c5ccc(-c6ccccc6)cc5)cc4)c4ccccc4-c4ccccc4-c4ccccc4-c4ccc(-c5ccccc5)cc4)cc3)cc2)cc1. The number of nitrogens with zero attached hydrogens (tertiary/aromatic N) is 1. The van der Waals surface area contributed by atoms with Crippen LogP contribution in [0, 0.1) is 0 Å². The van der Waals surface area contributed by atoms with E-state index in [-0.39, 0.29) is 0 Å². The molecule has 316 valence electrons. The van der Waals surface area contributed by atoms with Crippen LogP contribution >= 0.6 is 0 Å². The monoisotopic (exact) mass is 853 g/mol. The first-order valence-corrected chi connectivity index (χ1v) is 23.0. The van der Waals surface area contributed by atoms with Gasteiger partial charge in [-0.3, -0.25) is 0 Å². The van der Waals surface area contributed by atoms with Crippen molar-refractivity contribution in [3.05, 3.63) is 285 Å². The number of hydrogen-bond acceptors (Lipinski definition) is 1. The van der Waals surface area contributed by atoms with Crippen LogP contribution in [0.2, 0.25) is 0 Å². The molecule has 0 unspecified atom stereocenters. The minimum absolute atomic E-state index is 1.08. The standard InChI is InChI=1S/C66H47N/c1-4-16-48(17-5-1)51-28-32-54(33-29-51)56-40-44-59(45-41-56)67(60-46-42-57(43-47-60)55-34-30-52(31-35-55)49-18-6-2-7-19-49)66-27-15-14-26-65(66)64-25-13-12-24-63(64)62-23-11-10-22-61(62)58-38-36-53(37-39-58)50-20-8-3-9-21-50/h1-47H. The van der Waals surface area contributed by atoms with Gasteiger partial charge >= 0.3 is 0 Å². The maximum atomic E-state index is 2.41. The maximum absolute atomic E-state index is 2.41. The van der Waals surface area contributed by atoms with E-state index < -0.39 is 0 Å². The van der Waals surface area contributed by atoms with E-state index in [1.807, 2.05) is 0 Å². The predicted octanol–water partition coefficient (Wildman–Crippen LogP) is 18.5. The van der Waals surface area contributed by atoms with Crippen LogP contribution in [0.5, 0.6) is 0 Å². The van der Waals surface area contributed by atoms with Gasteiger partial charge in [-0.25, -0.2) is 0 Å². The molecule has 1 heteroatoms. The molecule has 0 spiro atoms. The smallest absolute Gasteiger partial charge is 0.0540 e. The van der Waals surface area contributed by atoms with Crippen LogP contribution in [-0.2, 0) is 0 Å². The summed E-state index contributed by atoms with van der Waals surface area (Å²) in [6.45, 7) is 0. The zero-order valence-electron chi connectivity index (χ0n) is 37.1. The molecule has 0 saturated carbocycles. The highest BCUT2D eigenvalue weighted by Gasteiger charge is 2.20. The Morgan fingerprint density at radius 1 is 0.149 bits per heavy atom. The van der Waals surface area contributed by atoms with Crippen molar-refractivity contribution in [2.75, 3.05) is 4.90 Å². The molecule has 0 amide bonds. The Kier molecular flexibility index (Phi) is 11.5. The lowest BCUT2D eigenvalue weighted by atomic mass is 9.88. The highest BCUT2D eigenvalue weighted by Crippen LogP contribution is 2.46. The third kappa shape index (κ3) is 8.63. The van der Waals surface area contributed by atoms with E-state index in [9.17, 15) is 0 Å². The van der Waals surface area contributed by atoms with Crippen LogP contribution < -0.4 is 4.90 Å². The molecule has 0 aromatic heterocycles. The summed E-state index contributed by atoms with van der Waals surface area (Å²) in [6.07, 6.45) is 0. The summed E-state index contributed by atoms with van der Waals surface area (Å²) in [6, 6.07) is 103. The molecule has 0 bridgehead atoms. The molecule has 1 nitrogen and oxygen atoms in total. The minimum Gasteiger partial charge on any atom is -0.310 e. The first-order chi connectivity index (χ1) is 33.2. The summed E-state index contributed by atoms with van der Waals surface area (Å²) < 4.78 is 0. The van der Waals surface area contributed by atoms with E-state index in [4.69, 9.17) is 0 Å². The second kappa shape index (κ2) is 18.7. The Balaban J connectivity index is 0.985. The number of benzene rings is 11. The highest BCUT2D eigenvalue weighted by molar-refractivity contribution is 5.97. The van der Waals surface area contributed by atoms with Crippen molar-refractivity contribution in [3.63, 3.8) is 0 Å². The first kappa shape index (κ1) is 41.0. The van der Waals surface area contributed by atoms with Crippen molar-refractivity contribution in [2.45, 2.75) is 0 Å². The summed E-state index contributed by atoms with van der Waals surface area (Å²) >= 11 is 0. The van der Waals surface area contributed by atoms with Crippen molar-refractivity contribution in [2.24, 2.45) is 0 Å². The summed E-state index contributed by atoms with van der Waals surface area (Å²) in [4.78, 5) is 2.41. The molecule has 0 saturated heterocycles. The predicted molar refractivity (Wildman–Crippen MR) is 285 cm³/mol. The van der Waals surface area contributed by atoms with Crippen molar-refractivity contribution >= 4 is 17.1 Å². The quantitative estimate of drug-likeness (QED) is 0.125. The van der Waals surface area contributed by atoms with Crippen LogP contribution in [0.25, 0.3) is 89.0 Å². The third-order valence-electron chi connectivity index (χ3n) is 12.8. The number of rotatable bonds is 11. The van der Waals surface area contributed by atoms with Gasteiger partial charge in [0.1, 0.15) is 0 Å². The Hall–Kier alpha value is -8.78. The second-order valence-corrected chi connectivity index (χ2v) is 16.9. The normalized spacial score (nSPS) is 11.0. The topological polar surface area (TPSA) is 3.24 Å². The van der Waals surface area contributed by atoms with Crippen LogP contribution in [0.15, 0.2) is 285 Å². The maximum Gasteiger partial charge on any atom is 0.0540 e. The molecule has 0 fully saturated rings. The summed E-state index contributed by atoms with van der Waals surface area (Å²) in [5.74, 6) is 0. The van der Waals surface area contributed by atoms with Crippen LogP contribution in [0.3, 0.4) is 0 Å². The highest BCUT2D eigenvalue weighted by atomic mass is 15.1. The molecule has 0 N–H and O–H groups in total. The fourth-order valence-corrected chi connectivity index (χ4v) is 9.30. The Morgan fingerprint density at radius 2 is 0.373 bits per heavy atom. The number of anilines is 3. The molecular weight excluding hydrogens is 807 g/mol. The molecule has 11 aromatic rings. The Bertz CT molecular complexity index is 3250. The van der Waals surface area contributed by atoms with E-state index in [0.717, 1.165) is 22.6 Å². The zero-order chi connectivity index (χ0) is 44.8. The van der Waals surface area contributed by atoms with Gasteiger partial charge in [0.15, 0.2) is 0 Å². The molecule has 11 rings (SSSR count). The van der Waals surface area contributed by atoms with E-state index in [2.05, 4.69) is 290 Å². The van der Waals surface area contributed by atoms with Gasteiger partial charge in [0, 0.05) is 16.9 Å². The van der Waals surface area contributed by atoms with Gasteiger partial charge in [-0.15, -0.1) is 0 Å². The molecule has 0 heterocycles. The van der Waals surface area contributed by atoms with Crippen molar-refractivity contribution in [1.29, 1.82) is 0 Å². The molecule has 0 aliphatic rings. The third-order valence-corrected chi connectivity index (χ3v) is 12.8. The molecular formula is C66H47N. The Morgan fingerprint density at radius 3 is 0.731 bits per heavy atom. The lowest BCUT2D eigenvalue weighted by Gasteiger charge is -2.29. The summed E-state index contributed by atoms with van der Waals surface area (Å²) in [5, 5.41) is 0. The van der Waals surface area contributed by atoms with E-state index in [1.54, 1.807) is 0 Å². The molecule has 0 atom stereocenters. The molecule has 0 aliphatic carbocycles. The summed E-state index contributed by atoms with van der Waals surface area (Å²) in [5.41, 5.74) is 22.3. The molecule has 0 radical (unpaired) electrons. The first-order valence-electron chi connectivity index (χ1n) is 23.0. The van der Waals surface area contributed by atoms with Gasteiger partial charge in [0.05, 0.1) is 5.69 Å². The molecule has 67 heavy (non-hydrogen) atoms. The van der Waals surface area contributed by atoms with Gasteiger partial charge in [0.25, 0.3) is 0 Å². The van der Waals surface area contributed by atoms with Gasteiger partial charge < -0.3 is 4.90 Å². The number of para-hydroxylation sites is 1. The van der Waals surface area contributed by atoms with E-state index in [1.165, 1.54) is 83.5 Å². The van der Waals surface area contributed by atoms with E-state index >= 15 is 0 Å². The Labute approximate surface area is 394 Å². The average Bonchev–Trinajstić information content (AvgIpc) is 3.42. The summed E-state index contributed by atoms with van der Waals surface area (Å²) in [7, 11) is 0. The fraction of sp³-hybridized carbons (Fsp3) is 0. The zero-order valence-corrected chi connectivity index (χ0v) is 37.1. The van der Waals surface area contributed by atoms with Crippen molar-refractivity contribution in [1.82, 2.24) is 0 Å². The minimum atomic E-state index is 1.08. The lowest BCUT2D eigenvalue weighted by molar-refractivity contribution is 1.28. The fourth-order valence-electron chi connectivity index (χ4n) is 9.30. The largest absolute Gasteiger partial charge is 0.310 e.